The van der Waals surface area contributed by atoms with Gasteiger partial charge in [-0.2, -0.15) is 0 Å². The molecule has 2 nitrogen and oxygen atoms in total. The third-order valence-electron chi connectivity index (χ3n) is 2.90. The molecular weight excluding hydrogens is 184 g/mol. The van der Waals surface area contributed by atoms with Crippen molar-refractivity contribution in [2.75, 3.05) is 18.5 Å². The number of nitrogens with zero attached hydrogens (tertiary/aromatic N) is 2. The summed E-state index contributed by atoms with van der Waals surface area (Å²) in [5.74, 6) is 0. The van der Waals surface area contributed by atoms with E-state index in [2.05, 4.69) is 67.0 Å². The van der Waals surface area contributed by atoms with Crippen molar-refractivity contribution in [2.45, 2.75) is 6.92 Å². The predicted molar refractivity (Wildman–Crippen MR) is 64.1 cm³/mol. The van der Waals surface area contributed by atoms with Crippen LogP contribution in [0.25, 0.3) is 10.9 Å². The quantitative estimate of drug-likeness (QED) is 0.675. The molecule has 2 heteroatoms. The van der Waals surface area contributed by atoms with Gasteiger partial charge in [0.1, 0.15) is 7.05 Å². The van der Waals surface area contributed by atoms with E-state index in [4.69, 9.17) is 0 Å². The van der Waals surface area contributed by atoms with Gasteiger partial charge in [-0.15, -0.1) is 0 Å². The molecule has 0 bridgehead atoms. The van der Waals surface area contributed by atoms with Crippen LogP contribution in [-0.2, 0) is 7.05 Å². The maximum absolute atomic E-state index is 2.27. The first kappa shape index (κ1) is 9.97. The molecule has 0 aliphatic carbocycles. The zero-order chi connectivity index (χ0) is 10.8. The van der Waals surface area contributed by atoms with E-state index in [0.717, 1.165) is 6.54 Å². The van der Waals surface area contributed by atoms with Crippen molar-refractivity contribution in [1.29, 1.82) is 0 Å². The van der Waals surface area contributed by atoms with Gasteiger partial charge < -0.3 is 4.90 Å². The Morgan fingerprint density at radius 1 is 1.20 bits per heavy atom. The number of aromatic nitrogens is 1. The van der Waals surface area contributed by atoms with Crippen LogP contribution < -0.4 is 9.47 Å². The Morgan fingerprint density at radius 3 is 2.67 bits per heavy atom. The van der Waals surface area contributed by atoms with E-state index >= 15 is 0 Å². The average molecular weight is 201 g/mol. The van der Waals surface area contributed by atoms with E-state index in [0.29, 0.717) is 0 Å². The Balaban J connectivity index is 2.71. The molecular formula is C13H17N2+. The second-order valence-electron chi connectivity index (χ2n) is 3.84. The van der Waals surface area contributed by atoms with E-state index in [-0.39, 0.29) is 0 Å². The summed E-state index contributed by atoms with van der Waals surface area (Å²) in [4.78, 5) is 2.27. The van der Waals surface area contributed by atoms with Crippen LogP contribution in [0.1, 0.15) is 6.92 Å². The number of rotatable bonds is 2. The van der Waals surface area contributed by atoms with Gasteiger partial charge in [0.25, 0.3) is 0 Å². The average Bonchev–Trinajstić information content (AvgIpc) is 2.29. The maximum Gasteiger partial charge on any atom is 0.214 e. The molecule has 0 saturated carbocycles. The van der Waals surface area contributed by atoms with Crippen molar-refractivity contribution in [3.05, 3.63) is 36.5 Å². The van der Waals surface area contributed by atoms with Crippen LogP contribution in [0.2, 0.25) is 0 Å². The minimum Gasteiger partial charge on any atom is -0.374 e. The predicted octanol–water partition coefficient (Wildman–Crippen LogP) is 2.12. The number of fused-ring (bicyclic) bond motifs is 1. The number of benzene rings is 1. The molecule has 0 N–H and O–H groups in total. The number of aryl methyl sites for hydroxylation is 1. The molecule has 0 radical (unpaired) electrons. The zero-order valence-electron chi connectivity index (χ0n) is 9.57. The Morgan fingerprint density at radius 2 is 1.93 bits per heavy atom. The lowest BCUT2D eigenvalue weighted by Gasteiger charge is -2.17. The molecule has 2 rings (SSSR count). The summed E-state index contributed by atoms with van der Waals surface area (Å²) < 4.78 is 2.16. The van der Waals surface area contributed by atoms with Crippen LogP contribution in [0.5, 0.6) is 0 Å². The van der Waals surface area contributed by atoms with Crippen molar-refractivity contribution >= 4 is 16.6 Å². The number of para-hydroxylation sites is 1. The standard InChI is InChI=1S/C13H17N2/c1-4-14(2)13-9-10-15(3)12-8-6-5-7-11(12)13/h5-10H,4H2,1-3H3/q+1. The van der Waals surface area contributed by atoms with Gasteiger partial charge in [-0.25, -0.2) is 4.57 Å². The highest BCUT2D eigenvalue weighted by Gasteiger charge is 2.10. The molecule has 0 fully saturated rings. The molecule has 0 spiro atoms. The molecule has 78 valence electrons. The first-order chi connectivity index (χ1) is 7.24. The normalized spacial score (nSPS) is 10.6. The topological polar surface area (TPSA) is 7.12 Å². The summed E-state index contributed by atoms with van der Waals surface area (Å²) in [7, 11) is 4.21. The summed E-state index contributed by atoms with van der Waals surface area (Å²) in [6, 6.07) is 10.7. The van der Waals surface area contributed by atoms with Crippen LogP contribution in [0, 0.1) is 0 Å². The second kappa shape index (κ2) is 3.89. The summed E-state index contributed by atoms with van der Waals surface area (Å²) in [5.41, 5.74) is 2.57. The van der Waals surface area contributed by atoms with E-state index < -0.39 is 0 Å². The van der Waals surface area contributed by atoms with Gasteiger partial charge in [0.2, 0.25) is 5.52 Å². The first-order valence-electron chi connectivity index (χ1n) is 5.32. The molecule has 0 atom stereocenters. The monoisotopic (exact) mass is 201 g/mol. The Bertz CT molecular complexity index is 477. The van der Waals surface area contributed by atoms with Crippen molar-refractivity contribution in [1.82, 2.24) is 0 Å². The molecule has 2 aromatic rings. The van der Waals surface area contributed by atoms with Crippen molar-refractivity contribution in [2.24, 2.45) is 7.05 Å². The highest BCUT2D eigenvalue weighted by atomic mass is 15.1. The van der Waals surface area contributed by atoms with E-state index in [1.165, 1.54) is 16.6 Å². The fourth-order valence-corrected chi connectivity index (χ4v) is 1.85. The summed E-state index contributed by atoms with van der Waals surface area (Å²) in [6.07, 6.45) is 2.11. The highest BCUT2D eigenvalue weighted by Crippen LogP contribution is 2.22. The largest absolute Gasteiger partial charge is 0.374 e. The Hall–Kier alpha value is -1.57. The lowest BCUT2D eigenvalue weighted by Crippen LogP contribution is -2.29. The lowest BCUT2D eigenvalue weighted by molar-refractivity contribution is -0.644. The van der Waals surface area contributed by atoms with Gasteiger partial charge in [0, 0.05) is 25.7 Å². The lowest BCUT2D eigenvalue weighted by atomic mass is 10.1. The van der Waals surface area contributed by atoms with Crippen molar-refractivity contribution < 1.29 is 4.57 Å². The SMILES string of the molecule is CCN(C)c1cc[n+](C)c2ccccc12. The highest BCUT2D eigenvalue weighted by molar-refractivity contribution is 5.89. The second-order valence-corrected chi connectivity index (χ2v) is 3.84. The van der Waals surface area contributed by atoms with Crippen molar-refractivity contribution in [3.8, 4) is 0 Å². The van der Waals surface area contributed by atoms with Gasteiger partial charge in [-0.1, -0.05) is 12.1 Å². The minimum atomic E-state index is 1.03. The van der Waals surface area contributed by atoms with Gasteiger partial charge in [0.15, 0.2) is 6.20 Å². The number of pyridine rings is 1. The smallest absolute Gasteiger partial charge is 0.214 e. The Kier molecular flexibility index (Phi) is 2.58. The summed E-state index contributed by atoms with van der Waals surface area (Å²) in [6.45, 7) is 3.19. The fraction of sp³-hybridized carbons (Fsp3) is 0.308. The molecule has 15 heavy (non-hydrogen) atoms. The third-order valence-corrected chi connectivity index (χ3v) is 2.90. The molecule has 1 heterocycles. The van der Waals surface area contributed by atoms with E-state index in [9.17, 15) is 0 Å². The maximum atomic E-state index is 2.27. The van der Waals surface area contributed by atoms with E-state index in [1.807, 2.05) is 0 Å². The minimum absolute atomic E-state index is 1.03. The Labute approximate surface area is 90.8 Å². The van der Waals surface area contributed by atoms with Crippen LogP contribution in [-0.4, -0.2) is 13.6 Å². The van der Waals surface area contributed by atoms with Crippen LogP contribution in [0.3, 0.4) is 0 Å². The van der Waals surface area contributed by atoms with Gasteiger partial charge in [-0.3, -0.25) is 0 Å². The number of hydrogen-bond donors (Lipinski definition) is 0. The molecule has 0 aliphatic rings. The molecule has 0 aliphatic heterocycles. The number of hydrogen-bond acceptors (Lipinski definition) is 1. The fourth-order valence-electron chi connectivity index (χ4n) is 1.85. The summed E-state index contributed by atoms with van der Waals surface area (Å²) in [5, 5.41) is 1.31. The third kappa shape index (κ3) is 1.67. The first-order valence-corrected chi connectivity index (χ1v) is 5.32. The van der Waals surface area contributed by atoms with Gasteiger partial charge in [0.05, 0.1) is 11.1 Å². The van der Waals surface area contributed by atoms with Crippen molar-refractivity contribution in [3.63, 3.8) is 0 Å². The van der Waals surface area contributed by atoms with Gasteiger partial charge >= 0.3 is 0 Å². The van der Waals surface area contributed by atoms with Gasteiger partial charge in [-0.05, 0) is 13.0 Å². The van der Waals surface area contributed by atoms with Crippen LogP contribution in [0.15, 0.2) is 36.5 Å². The summed E-state index contributed by atoms with van der Waals surface area (Å²) >= 11 is 0. The molecule has 0 amide bonds. The molecule has 1 aromatic carbocycles. The van der Waals surface area contributed by atoms with Crippen LogP contribution >= 0.6 is 0 Å². The van der Waals surface area contributed by atoms with E-state index in [1.54, 1.807) is 0 Å². The molecule has 1 aromatic heterocycles. The van der Waals surface area contributed by atoms with Crippen LogP contribution in [0.4, 0.5) is 5.69 Å². The molecule has 0 saturated heterocycles. The number of anilines is 1. The molecule has 0 unspecified atom stereocenters. The zero-order valence-corrected chi connectivity index (χ0v) is 9.57.